The summed E-state index contributed by atoms with van der Waals surface area (Å²) in [5.41, 5.74) is -0.00331. The molecule has 0 nitrogen and oxygen atoms in total. The van der Waals surface area contributed by atoms with Gasteiger partial charge in [0.1, 0.15) is 0 Å². The number of hydrogen-bond acceptors (Lipinski definition) is 0. The number of hydrogen-bond donors (Lipinski definition) is 0. The summed E-state index contributed by atoms with van der Waals surface area (Å²) < 4.78 is 39.1. The minimum Gasteiger partial charge on any atom is -0.166 e. The van der Waals surface area contributed by atoms with Gasteiger partial charge in [0.05, 0.1) is 5.56 Å². The van der Waals surface area contributed by atoms with E-state index >= 15 is 0 Å². The van der Waals surface area contributed by atoms with E-state index in [1.165, 1.54) is 24.3 Å². The van der Waals surface area contributed by atoms with E-state index in [1.807, 2.05) is 0 Å². The van der Waals surface area contributed by atoms with Crippen LogP contribution >= 0.6 is 23.2 Å². The smallest absolute Gasteiger partial charge is 0.166 e. The molecule has 0 saturated heterocycles. The van der Waals surface area contributed by atoms with Gasteiger partial charge >= 0.3 is 6.18 Å². The molecule has 0 aromatic heterocycles. The van der Waals surface area contributed by atoms with Crippen LogP contribution in [0, 0.1) is 13.0 Å². The molecule has 2 aromatic carbocycles. The van der Waals surface area contributed by atoms with Gasteiger partial charge < -0.3 is 0 Å². The molecule has 1 radical (unpaired) electrons. The van der Waals surface area contributed by atoms with Gasteiger partial charge in [-0.25, -0.2) is 0 Å². The first-order chi connectivity index (χ1) is 8.80. The summed E-state index contributed by atoms with van der Waals surface area (Å²) >= 11 is 11.8. The van der Waals surface area contributed by atoms with Gasteiger partial charge in [-0.1, -0.05) is 41.4 Å². The van der Waals surface area contributed by atoms with Crippen molar-refractivity contribution < 1.29 is 13.2 Å². The van der Waals surface area contributed by atoms with Gasteiger partial charge in [-0.05, 0) is 36.2 Å². The Balaban J connectivity index is 2.74. The highest BCUT2D eigenvalue weighted by Gasteiger charge is 2.34. The summed E-state index contributed by atoms with van der Waals surface area (Å²) in [6.07, 6.45) is -4.48. The summed E-state index contributed by atoms with van der Waals surface area (Å²) in [5, 5.41) is 0.556. The Kier molecular flexibility index (Phi) is 3.79. The monoisotopic (exact) mass is 303 g/mol. The third-order valence-electron chi connectivity index (χ3n) is 2.69. The quantitative estimate of drug-likeness (QED) is 0.625. The van der Waals surface area contributed by atoms with Crippen LogP contribution in [-0.2, 0) is 6.18 Å². The van der Waals surface area contributed by atoms with Gasteiger partial charge in [0, 0.05) is 15.6 Å². The van der Waals surface area contributed by atoms with E-state index in [4.69, 9.17) is 23.2 Å². The average molecular weight is 304 g/mol. The van der Waals surface area contributed by atoms with Crippen LogP contribution in [-0.4, -0.2) is 0 Å². The highest BCUT2D eigenvalue weighted by molar-refractivity contribution is 6.36. The first-order valence-electron chi connectivity index (χ1n) is 5.34. The van der Waals surface area contributed by atoms with E-state index in [-0.39, 0.29) is 10.6 Å². The Morgan fingerprint density at radius 1 is 1.11 bits per heavy atom. The molecule has 5 heteroatoms. The van der Waals surface area contributed by atoms with Crippen LogP contribution < -0.4 is 0 Å². The lowest BCUT2D eigenvalue weighted by atomic mass is 9.94. The second-order valence-corrected chi connectivity index (χ2v) is 4.88. The fourth-order valence-corrected chi connectivity index (χ4v) is 2.37. The summed E-state index contributed by atoms with van der Waals surface area (Å²) in [4.78, 5) is 0. The van der Waals surface area contributed by atoms with E-state index in [0.29, 0.717) is 16.1 Å². The van der Waals surface area contributed by atoms with Crippen LogP contribution in [0.15, 0.2) is 30.3 Å². The SMILES string of the molecule is Cc1cc[c]c(C(F)(F)F)c1-c1ccc(Cl)cc1Cl. The maximum Gasteiger partial charge on any atom is 0.417 e. The summed E-state index contributed by atoms with van der Waals surface area (Å²) in [6, 6.07) is 9.48. The second-order valence-electron chi connectivity index (χ2n) is 4.03. The molecule has 0 heterocycles. The third kappa shape index (κ3) is 2.88. The molecule has 0 aliphatic rings. The Bertz CT molecular complexity index is 619. The van der Waals surface area contributed by atoms with Crippen LogP contribution in [0.5, 0.6) is 0 Å². The molecule has 0 amide bonds. The van der Waals surface area contributed by atoms with Crippen molar-refractivity contribution in [3.05, 3.63) is 57.6 Å². The molecule has 2 rings (SSSR count). The molecule has 0 N–H and O–H groups in total. The van der Waals surface area contributed by atoms with E-state index in [0.717, 1.165) is 0 Å². The van der Waals surface area contributed by atoms with Crippen molar-refractivity contribution >= 4 is 23.2 Å². The molecule has 0 saturated carbocycles. The Morgan fingerprint density at radius 2 is 1.79 bits per heavy atom. The lowest BCUT2D eigenvalue weighted by Crippen LogP contribution is -2.08. The predicted molar refractivity (Wildman–Crippen MR) is 70.5 cm³/mol. The van der Waals surface area contributed by atoms with Crippen molar-refractivity contribution in [3.63, 3.8) is 0 Å². The van der Waals surface area contributed by atoms with Crippen molar-refractivity contribution in [3.8, 4) is 11.1 Å². The van der Waals surface area contributed by atoms with E-state index in [1.54, 1.807) is 13.0 Å². The number of rotatable bonds is 1. The van der Waals surface area contributed by atoms with Crippen molar-refractivity contribution in [1.29, 1.82) is 0 Å². The maximum atomic E-state index is 13.0. The fraction of sp³-hybridized carbons (Fsp3) is 0.143. The number of benzene rings is 2. The van der Waals surface area contributed by atoms with Gasteiger partial charge in [-0.3, -0.25) is 0 Å². The molecule has 0 spiro atoms. The molecule has 2 aromatic rings. The lowest BCUT2D eigenvalue weighted by molar-refractivity contribution is -0.137. The van der Waals surface area contributed by atoms with Gasteiger partial charge in [0.15, 0.2) is 0 Å². The predicted octanol–water partition coefficient (Wildman–Crippen LogP) is 5.79. The fourth-order valence-electron chi connectivity index (χ4n) is 1.87. The van der Waals surface area contributed by atoms with Gasteiger partial charge in [-0.15, -0.1) is 0 Å². The number of alkyl halides is 3. The zero-order valence-electron chi connectivity index (χ0n) is 9.78. The Labute approximate surface area is 118 Å². The maximum absolute atomic E-state index is 13.0. The second kappa shape index (κ2) is 5.06. The molecule has 0 bridgehead atoms. The minimum absolute atomic E-state index is 0.0386. The van der Waals surface area contributed by atoms with Gasteiger partial charge in [-0.2, -0.15) is 13.2 Å². The van der Waals surface area contributed by atoms with Gasteiger partial charge in [0.25, 0.3) is 0 Å². The lowest BCUT2D eigenvalue weighted by Gasteiger charge is -2.16. The molecule has 0 unspecified atom stereocenters. The first kappa shape index (κ1) is 14.2. The molecule has 99 valence electrons. The van der Waals surface area contributed by atoms with Crippen molar-refractivity contribution in [1.82, 2.24) is 0 Å². The van der Waals surface area contributed by atoms with E-state index < -0.39 is 11.7 Å². The molecule has 0 aliphatic carbocycles. The molecule has 0 fully saturated rings. The summed E-state index contributed by atoms with van der Waals surface area (Å²) in [7, 11) is 0. The highest BCUT2D eigenvalue weighted by Crippen LogP contribution is 2.41. The third-order valence-corrected chi connectivity index (χ3v) is 3.24. The number of aryl methyl sites for hydroxylation is 1. The van der Waals surface area contributed by atoms with Crippen LogP contribution in [0.1, 0.15) is 11.1 Å². The summed E-state index contributed by atoms with van der Waals surface area (Å²) in [6.45, 7) is 1.60. The van der Waals surface area contributed by atoms with Crippen molar-refractivity contribution in [2.45, 2.75) is 13.1 Å². The van der Waals surface area contributed by atoms with Crippen LogP contribution in [0.2, 0.25) is 10.0 Å². The largest absolute Gasteiger partial charge is 0.417 e. The van der Waals surface area contributed by atoms with Crippen LogP contribution in [0.3, 0.4) is 0 Å². The zero-order valence-corrected chi connectivity index (χ0v) is 11.3. The van der Waals surface area contributed by atoms with Crippen LogP contribution in [0.4, 0.5) is 13.2 Å². The normalized spacial score (nSPS) is 11.7. The molecule has 0 atom stereocenters. The van der Waals surface area contributed by atoms with Crippen LogP contribution in [0.25, 0.3) is 11.1 Å². The molecule has 0 aliphatic heterocycles. The zero-order chi connectivity index (χ0) is 14.2. The Morgan fingerprint density at radius 3 is 2.37 bits per heavy atom. The standard InChI is InChI=1S/C14H8Cl2F3/c1-8-3-2-4-11(14(17,18)19)13(8)10-6-5-9(15)7-12(10)16/h2-3,5-7H,1H3. The topological polar surface area (TPSA) is 0 Å². The molecular formula is C14H8Cl2F3. The number of halogens is 5. The van der Waals surface area contributed by atoms with E-state index in [2.05, 4.69) is 6.07 Å². The minimum atomic E-state index is -4.48. The van der Waals surface area contributed by atoms with Crippen molar-refractivity contribution in [2.75, 3.05) is 0 Å². The van der Waals surface area contributed by atoms with Crippen molar-refractivity contribution in [2.24, 2.45) is 0 Å². The first-order valence-corrected chi connectivity index (χ1v) is 6.10. The average Bonchev–Trinajstić information content (AvgIpc) is 2.28. The van der Waals surface area contributed by atoms with Gasteiger partial charge in [0.2, 0.25) is 0 Å². The molecule has 19 heavy (non-hydrogen) atoms. The van der Waals surface area contributed by atoms with E-state index in [9.17, 15) is 13.2 Å². The Hall–Kier alpha value is -1.19. The highest BCUT2D eigenvalue weighted by atomic mass is 35.5. The summed E-state index contributed by atoms with van der Waals surface area (Å²) in [5.74, 6) is 0. The molecular weight excluding hydrogens is 296 g/mol.